The van der Waals surface area contributed by atoms with Crippen LogP contribution in [-0.2, 0) is 20.0 Å². The second-order valence-electron chi connectivity index (χ2n) is 6.60. The molecule has 25 heavy (non-hydrogen) atoms. The molecule has 0 radical (unpaired) electrons. The average Bonchev–Trinajstić information content (AvgIpc) is 2.45. The van der Waals surface area contributed by atoms with Gasteiger partial charge in [-0.1, -0.05) is 13.8 Å². The lowest BCUT2D eigenvalue weighted by molar-refractivity contribution is 0.344. The van der Waals surface area contributed by atoms with Crippen molar-refractivity contribution < 1.29 is 16.8 Å². The Morgan fingerprint density at radius 3 is 2.12 bits per heavy atom. The fraction of sp³-hybridized carbons (Fsp3) is 0.600. The quantitative estimate of drug-likeness (QED) is 0.594. The second-order valence-corrected chi connectivity index (χ2v) is 10.1. The third-order valence-corrected chi connectivity index (χ3v) is 6.92. The van der Waals surface area contributed by atoms with Gasteiger partial charge in [-0.3, -0.25) is 0 Å². The van der Waals surface area contributed by atoms with Gasteiger partial charge in [0, 0.05) is 12.1 Å². The Bertz CT molecular complexity index is 795. The van der Waals surface area contributed by atoms with Gasteiger partial charge in [-0.05, 0) is 57.0 Å². The molecule has 0 bridgehead atoms. The highest BCUT2D eigenvalue weighted by molar-refractivity contribution is 7.90. The first kappa shape index (κ1) is 24.3. The standard InChI is InChI=1S/C15H27N3O4S2.ClH/c1-11(2)9-15(4,10-16)18-23(19,20)13-6-7-14(12(3)8-13)24(21,22)17-5;/h6-8,11,17-18H,9-10,16H2,1-5H3;1H. The molecule has 1 aromatic rings. The van der Waals surface area contributed by atoms with E-state index >= 15 is 0 Å². The second kappa shape index (κ2) is 8.79. The zero-order valence-corrected chi connectivity index (χ0v) is 17.6. The van der Waals surface area contributed by atoms with Gasteiger partial charge in [0.2, 0.25) is 20.0 Å². The summed E-state index contributed by atoms with van der Waals surface area (Å²) >= 11 is 0. The average molecular weight is 414 g/mol. The molecule has 0 aliphatic heterocycles. The van der Waals surface area contributed by atoms with Crippen molar-refractivity contribution in [1.29, 1.82) is 0 Å². The van der Waals surface area contributed by atoms with Gasteiger partial charge >= 0.3 is 0 Å². The number of benzene rings is 1. The van der Waals surface area contributed by atoms with Crippen LogP contribution in [0.5, 0.6) is 0 Å². The van der Waals surface area contributed by atoms with E-state index in [0.29, 0.717) is 12.0 Å². The van der Waals surface area contributed by atoms with Crippen LogP contribution in [0, 0.1) is 12.8 Å². The van der Waals surface area contributed by atoms with E-state index in [9.17, 15) is 16.8 Å². The van der Waals surface area contributed by atoms with Gasteiger partial charge in [-0.2, -0.15) is 0 Å². The lowest BCUT2D eigenvalue weighted by Gasteiger charge is -2.30. The zero-order chi connectivity index (χ0) is 18.8. The van der Waals surface area contributed by atoms with Crippen LogP contribution < -0.4 is 15.2 Å². The fourth-order valence-electron chi connectivity index (χ4n) is 2.65. The van der Waals surface area contributed by atoms with Crippen LogP contribution in [0.4, 0.5) is 0 Å². The van der Waals surface area contributed by atoms with Crippen molar-refractivity contribution in [3.05, 3.63) is 23.8 Å². The molecule has 146 valence electrons. The highest BCUT2D eigenvalue weighted by Gasteiger charge is 2.30. The predicted octanol–water partition coefficient (Wildman–Crippen LogP) is 1.37. The van der Waals surface area contributed by atoms with Crippen LogP contribution in [0.2, 0.25) is 0 Å². The molecule has 1 atom stereocenters. The van der Waals surface area contributed by atoms with Crippen LogP contribution >= 0.6 is 12.4 Å². The Hall–Kier alpha value is -0.710. The van der Waals surface area contributed by atoms with Gasteiger partial charge in [-0.25, -0.2) is 26.3 Å². The van der Waals surface area contributed by atoms with Gasteiger partial charge in [-0.15, -0.1) is 12.4 Å². The summed E-state index contributed by atoms with van der Waals surface area (Å²) in [4.78, 5) is 0.0613. The van der Waals surface area contributed by atoms with Gasteiger partial charge in [0.05, 0.1) is 9.79 Å². The molecule has 0 saturated heterocycles. The van der Waals surface area contributed by atoms with Crippen LogP contribution in [0.1, 0.15) is 32.8 Å². The minimum absolute atomic E-state index is 0. The number of hydrogen-bond donors (Lipinski definition) is 3. The SMILES string of the molecule is CNS(=O)(=O)c1ccc(S(=O)(=O)NC(C)(CN)CC(C)C)cc1C.Cl. The smallest absolute Gasteiger partial charge is 0.241 e. The van der Waals surface area contributed by atoms with E-state index in [1.165, 1.54) is 25.2 Å². The number of sulfonamides is 2. The van der Waals surface area contributed by atoms with E-state index < -0.39 is 25.6 Å². The Labute approximate surface area is 157 Å². The molecular formula is C15H28ClN3O4S2. The third kappa shape index (κ3) is 6.19. The summed E-state index contributed by atoms with van der Waals surface area (Å²) in [6.45, 7) is 7.46. The van der Waals surface area contributed by atoms with E-state index in [2.05, 4.69) is 9.44 Å². The van der Waals surface area contributed by atoms with Crippen LogP contribution in [-0.4, -0.2) is 36.0 Å². The molecule has 0 spiro atoms. The number of nitrogens with one attached hydrogen (secondary N) is 2. The maximum absolute atomic E-state index is 12.6. The maximum atomic E-state index is 12.6. The molecule has 0 aromatic heterocycles. The summed E-state index contributed by atoms with van der Waals surface area (Å²) < 4.78 is 53.9. The molecule has 7 nitrogen and oxygen atoms in total. The lowest BCUT2D eigenvalue weighted by Crippen LogP contribution is -2.52. The largest absolute Gasteiger partial charge is 0.329 e. The highest BCUT2D eigenvalue weighted by atomic mass is 35.5. The molecule has 1 rings (SSSR count). The molecule has 0 aliphatic carbocycles. The first-order valence-electron chi connectivity index (χ1n) is 7.65. The van der Waals surface area contributed by atoms with Gasteiger partial charge in [0.15, 0.2) is 0 Å². The molecule has 10 heteroatoms. The molecule has 0 amide bonds. The van der Waals surface area contributed by atoms with Gasteiger partial charge in [0.25, 0.3) is 0 Å². The van der Waals surface area contributed by atoms with Crippen LogP contribution in [0.3, 0.4) is 0 Å². The van der Waals surface area contributed by atoms with Crippen LogP contribution in [0.15, 0.2) is 28.0 Å². The maximum Gasteiger partial charge on any atom is 0.241 e. The van der Waals surface area contributed by atoms with E-state index in [-0.39, 0.29) is 34.7 Å². The van der Waals surface area contributed by atoms with E-state index in [0.717, 1.165) is 0 Å². The number of hydrogen-bond acceptors (Lipinski definition) is 5. The topological polar surface area (TPSA) is 118 Å². The summed E-state index contributed by atoms with van der Waals surface area (Å²) in [6.07, 6.45) is 0.591. The Morgan fingerprint density at radius 1 is 1.16 bits per heavy atom. The zero-order valence-electron chi connectivity index (χ0n) is 15.2. The van der Waals surface area contributed by atoms with E-state index in [4.69, 9.17) is 5.73 Å². The molecule has 0 heterocycles. The van der Waals surface area contributed by atoms with Crippen molar-refractivity contribution in [2.24, 2.45) is 11.7 Å². The van der Waals surface area contributed by atoms with Crippen LogP contribution in [0.25, 0.3) is 0 Å². The van der Waals surface area contributed by atoms with Gasteiger partial charge < -0.3 is 5.73 Å². The monoisotopic (exact) mass is 413 g/mol. The highest BCUT2D eigenvalue weighted by Crippen LogP contribution is 2.22. The van der Waals surface area contributed by atoms with E-state index in [1.54, 1.807) is 13.8 Å². The fourth-order valence-corrected chi connectivity index (χ4v) is 5.11. The van der Waals surface area contributed by atoms with Crippen molar-refractivity contribution in [2.75, 3.05) is 13.6 Å². The number of halogens is 1. The minimum atomic E-state index is -3.81. The Balaban J connectivity index is 0.00000576. The normalized spacial score (nSPS) is 14.8. The molecule has 0 saturated carbocycles. The molecule has 0 fully saturated rings. The summed E-state index contributed by atoms with van der Waals surface area (Å²) in [7, 11) is -6.14. The first-order chi connectivity index (χ1) is 10.9. The minimum Gasteiger partial charge on any atom is -0.329 e. The summed E-state index contributed by atoms with van der Waals surface area (Å²) in [5.41, 5.74) is 5.34. The number of aryl methyl sites for hydroxylation is 1. The molecule has 0 aliphatic rings. The third-order valence-electron chi connectivity index (χ3n) is 3.71. The van der Waals surface area contributed by atoms with Crippen molar-refractivity contribution in [3.8, 4) is 0 Å². The first-order valence-corrected chi connectivity index (χ1v) is 10.6. The van der Waals surface area contributed by atoms with Crippen molar-refractivity contribution in [2.45, 2.75) is 49.4 Å². The Morgan fingerprint density at radius 2 is 1.72 bits per heavy atom. The van der Waals surface area contributed by atoms with Gasteiger partial charge in [0.1, 0.15) is 0 Å². The number of nitrogens with two attached hydrogens (primary N) is 1. The predicted molar refractivity (Wildman–Crippen MR) is 102 cm³/mol. The summed E-state index contributed by atoms with van der Waals surface area (Å²) in [5, 5.41) is 0. The summed E-state index contributed by atoms with van der Waals surface area (Å²) in [5.74, 6) is 0.270. The Kier molecular flexibility index (Phi) is 8.54. The number of rotatable bonds is 8. The van der Waals surface area contributed by atoms with Crippen molar-refractivity contribution >= 4 is 32.5 Å². The molecule has 4 N–H and O–H groups in total. The molecule has 1 unspecified atom stereocenters. The van der Waals surface area contributed by atoms with Crippen molar-refractivity contribution in [3.63, 3.8) is 0 Å². The molecule has 1 aromatic carbocycles. The lowest BCUT2D eigenvalue weighted by atomic mass is 9.92. The molecular weight excluding hydrogens is 386 g/mol. The summed E-state index contributed by atoms with van der Waals surface area (Å²) in [6, 6.07) is 3.92. The van der Waals surface area contributed by atoms with E-state index in [1.807, 2.05) is 13.8 Å². The van der Waals surface area contributed by atoms with Crippen molar-refractivity contribution in [1.82, 2.24) is 9.44 Å².